The third-order valence-electron chi connectivity index (χ3n) is 6.77. The van der Waals surface area contributed by atoms with Gasteiger partial charge in [0.1, 0.15) is 0 Å². The predicted octanol–water partition coefficient (Wildman–Crippen LogP) is 4.42. The van der Waals surface area contributed by atoms with Crippen LogP contribution >= 0.6 is 0 Å². The fraction of sp³-hybridized carbons (Fsp3) is 0.133. The maximum absolute atomic E-state index is 13.4. The predicted molar refractivity (Wildman–Crippen MR) is 142 cm³/mol. The van der Waals surface area contributed by atoms with Crippen LogP contribution in [-0.4, -0.2) is 22.7 Å². The molecule has 3 amide bonds. The molecule has 184 valence electrons. The first kappa shape index (κ1) is 23.9. The van der Waals surface area contributed by atoms with E-state index in [9.17, 15) is 14.4 Å². The largest absolute Gasteiger partial charge is 0.366 e. The van der Waals surface area contributed by atoms with Crippen molar-refractivity contribution in [3.8, 4) is 22.4 Å². The van der Waals surface area contributed by atoms with Crippen LogP contribution in [0.2, 0.25) is 0 Å². The zero-order valence-electron chi connectivity index (χ0n) is 20.1. The molecule has 4 aromatic rings. The molecule has 0 fully saturated rings. The summed E-state index contributed by atoms with van der Waals surface area (Å²) in [5.41, 5.74) is 16.7. The summed E-state index contributed by atoms with van der Waals surface area (Å²) in [6, 6.07) is 23.5. The van der Waals surface area contributed by atoms with Crippen LogP contribution in [0.4, 0.5) is 0 Å². The maximum Gasteiger partial charge on any atom is 0.253 e. The monoisotopic (exact) mass is 490 g/mol. The van der Waals surface area contributed by atoms with Crippen molar-refractivity contribution in [1.82, 2.24) is 10.3 Å². The number of nitrogens with one attached hydrogen (secondary N) is 1. The molecule has 0 spiro atoms. The molecule has 0 saturated carbocycles. The van der Waals surface area contributed by atoms with Crippen molar-refractivity contribution < 1.29 is 14.4 Å². The maximum atomic E-state index is 13.4. The standard InChI is InChI=1S/C30H26N4O3/c31-28(35)22-9-4-10-23(29(32)36)26(22)19-13-15-20(16-14-19)27-24(11-5-17-33-27)30(37)34-25-12-3-7-18-6-1-2-8-21(18)25/h1-2,4-6,8-11,13-17,25H,3,7,12H2,(H2,31,35)(H2,32,36)(H,34,37). The van der Waals surface area contributed by atoms with E-state index in [-0.39, 0.29) is 23.1 Å². The van der Waals surface area contributed by atoms with Crippen molar-refractivity contribution in [3.05, 3.63) is 113 Å². The lowest BCUT2D eigenvalue weighted by molar-refractivity contribution is 0.0931. The molecule has 1 aliphatic rings. The second-order valence-corrected chi connectivity index (χ2v) is 9.05. The Morgan fingerprint density at radius 2 is 1.41 bits per heavy atom. The first-order valence-electron chi connectivity index (χ1n) is 12.1. The molecule has 1 unspecified atom stereocenters. The van der Waals surface area contributed by atoms with Crippen LogP contribution in [0.5, 0.6) is 0 Å². The highest BCUT2D eigenvalue weighted by Crippen LogP contribution is 2.32. The Morgan fingerprint density at radius 3 is 2.11 bits per heavy atom. The summed E-state index contributed by atoms with van der Waals surface area (Å²) < 4.78 is 0. The van der Waals surface area contributed by atoms with E-state index in [4.69, 9.17) is 11.5 Å². The Balaban J connectivity index is 1.47. The number of aromatic nitrogens is 1. The summed E-state index contributed by atoms with van der Waals surface area (Å²) in [5, 5.41) is 3.20. The minimum Gasteiger partial charge on any atom is -0.366 e. The summed E-state index contributed by atoms with van der Waals surface area (Å²) in [7, 11) is 0. The molecular weight excluding hydrogens is 464 g/mol. The lowest BCUT2D eigenvalue weighted by Gasteiger charge is -2.26. The Morgan fingerprint density at radius 1 is 0.757 bits per heavy atom. The molecule has 7 nitrogen and oxygen atoms in total. The smallest absolute Gasteiger partial charge is 0.253 e. The number of carbonyl (C=O) groups excluding carboxylic acids is 3. The van der Waals surface area contributed by atoms with Crippen LogP contribution in [0.3, 0.4) is 0 Å². The van der Waals surface area contributed by atoms with Gasteiger partial charge in [-0.2, -0.15) is 0 Å². The summed E-state index contributed by atoms with van der Waals surface area (Å²) >= 11 is 0. The number of nitrogens with two attached hydrogens (primary N) is 2. The molecule has 1 aliphatic carbocycles. The Bertz CT molecular complexity index is 1480. The molecule has 5 N–H and O–H groups in total. The lowest BCUT2D eigenvalue weighted by Crippen LogP contribution is -2.31. The number of pyridine rings is 1. The van der Waals surface area contributed by atoms with Crippen molar-refractivity contribution in [1.29, 1.82) is 0 Å². The van der Waals surface area contributed by atoms with Gasteiger partial charge in [-0.1, -0.05) is 54.6 Å². The summed E-state index contributed by atoms with van der Waals surface area (Å²) in [4.78, 5) is 42.0. The number of nitrogens with zero attached hydrogens (tertiary/aromatic N) is 1. The topological polar surface area (TPSA) is 128 Å². The summed E-state index contributed by atoms with van der Waals surface area (Å²) in [5.74, 6) is -1.51. The van der Waals surface area contributed by atoms with E-state index >= 15 is 0 Å². The molecule has 0 aliphatic heterocycles. The number of rotatable bonds is 6. The minimum atomic E-state index is -0.657. The van der Waals surface area contributed by atoms with E-state index in [0.29, 0.717) is 22.4 Å². The number of hydrogen-bond donors (Lipinski definition) is 3. The molecule has 37 heavy (non-hydrogen) atoms. The number of aryl methyl sites for hydroxylation is 1. The first-order valence-corrected chi connectivity index (χ1v) is 12.1. The second kappa shape index (κ2) is 10.1. The number of primary amides is 2. The molecular formula is C30H26N4O3. The molecule has 7 heteroatoms. The highest BCUT2D eigenvalue weighted by Gasteiger charge is 2.24. The van der Waals surface area contributed by atoms with E-state index in [1.807, 2.05) is 12.1 Å². The number of fused-ring (bicyclic) bond motifs is 1. The molecule has 0 saturated heterocycles. The number of benzene rings is 3. The minimum absolute atomic E-state index is 0.0506. The van der Waals surface area contributed by atoms with Crippen LogP contribution in [0, 0.1) is 0 Å². The third kappa shape index (κ3) is 4.71. The fourth-order valence-corrected chi connectivity index (χ4v) is 5.03. The van der Waals surface area contributed by atoms with Crippen LogP contribution in [-0.2, 0) is 6.42 Å². The van der Waals surface area contributed by atoms with Crippen LogP contribution in [0.1, 0.15) is 61.1 Å². The molecule has 0 radical (unpaired) electrons. The fourth-order valence-electron chi connectivity index (χ4n) is 5.03. The number of carbonyl (C=O) groups is 3. The normalized spacial score (nSPS) is 14.4. The zero-order valence-corrected chi connectivity index (χ0v) is 20.1. The highest BCUT2D eigenvalue weighted by atomic mass is 16.2. The van der Waals surface area contributed by atoms with Gasteiger partial charge in [-0.3, -0.25) is 19.4 Å². The van der Waals surface area contributed by atoms with Gasteiger partial charge in [0.05, 0.1) is 17.3 Å². The van der Waals surface area contributed by atoms with Crippen molar-refractivity contribution in [2.75, 3.05) is 0 Å². The van der Waals surface area contributed by atoms with E-state index in [1.165, 1.54) is 5.56 Å². The van der Waals surface area contributed by atoms with Gasteiger partial charge in [0, 0.05) is 28.5 Å². The quantitative estimate of drug-likeness (QED) is 0.369. The van der Waals surface area contributed by atoms with Crippen LogP contribution in [0.25, 0.3) is 22.4 Å². The Hall–Kier alpha value is -4.78. The molecule has 1 aromatic heterocycles. The lowest BCUT2D eigenvalue weighted by atomic mass is 9.87. The second-order valence-electron chi connectivity index (χ2n) is 9.05. The third-order valence-corrected chi connectivity index (χ3v) is 6.77. The number of hydrogen-bond acceptors (Lipinski definition) is 4. The van der Waals surface area contributed by atoms with E-state index in [1.54, 1.807) is 60.8 Å². The average Bonchev–Trinajstić information content (AvgIpc) is 2.93. The van der Waals surface area contributed by atoms with Gasteiger partial charge in [-0.25, -0.2) is 0 Å². The first-order chi connectivity index (χ1) is 17.9. The highest BCUT2D eigenvalue weighted by molar-refractivity contribution is 6.08. The van der Waals surface area contributed by atoms with Gasteiger partial charge in [0.15, 0.2) is 0 Å². The van der Waals surface area contributed by atoms with Crippen LogP contribution in [0.15, 0.2) is 85.1 Å². The van der Waals surface area contributed by atoms with E-state index in [0.717, 1.165) is 30.4 Å². The summed E-state index contributed by atoms with van der Waals surface area (Å²) in [6.07, 6.45) is 4.56. The van der Waals surface area contributed by atoms with E-state index < -0.39 is 11.8 Å². The van der Waals surface area contributed by atoms with Gasteiger partial charge in [-0.15, -0.1) is 0 Å². The molecule has 1 heterocycles. The summed E-state index contributed by atoms with van der Waals surface area (Å²) in [6.45, 7) is 0. The van der Waals surface area contributed by atoms with Crippen molar-refractivity contribution >= 4 is 17.7 Å². The molecule has 5 rings (SSSR count). The van der Waals surface area contributed by atoms with Crippen molar-refractivity contribution in [3.63, 3.8) is 0 Å². The zero-order chi connectivity index (χ0) is 25.9. The van der Waals surface area contributed by atoms with Gasteiger partial charge in [0.2, 0.25) is 11.8 Å². The average molecular weight is 491 g/mol. The van der Waals surface area contributed by atoms with Gasteiger partial charge < -0.3 is 16.8 Å². The molecule has 1 atom stereocenters. The van der Waals surface area contributed by atoms with Crippen molar-refractivity contribution in [2.24, 2.45) is 11.5 Å². The van der Waals surface area contributed by atoms with Gasteiger partial charge in [-0.05, 0) is 60.2 Å². The molecule has 3 aromatic carbocycles. The molecule has 0 bridgehead atoms. The van der Waals surface area contributed by atoms with E-state index in [2.05, 4.69) is 22.4 Å². The van der Waals surface area contributed by atoms with Gasteiger partial charge in [0.25, 0.3) is 5.91 Å². The number of amides is 3. The van der Waals surface area contributed by atoms with Crippen LogP contribution < -0.4 is 16.8 Å². The SMILES string of the molecule is NC(=O)c1cccc(C(N)=O)c1-c1ccc(-c2ncccc2C(=O)NC2CCCc3ccccc32)cc1. The van der Waals surface area contributed by atoms with Gasteiger partial charge >= 0.3 is 0 Å². The Kier molecular flexibility index (Phi) is 6.51. The Labute approximate surface area is 214 Å². The van der Waals surface area contributed by atoms with Crippen molar-refractivity contribution in [2.45, 2.75) is 25.3 Å².